The molecule has 0 amide bonds. The zero-order valence-corrected chi connectivity index (χ0v) is 8.06. The molecule has 1 N–H and O–H groups in total. The fourth-order valence-corrected chi connectivity index (χ4v) is 1.58. The molecule has 1 aromatic carbocycles. The van der Waals surface area contributed by atoms with Gasteiger partial charge in [0.25, 0.3) is 0 Å². The normalized spacial score (nSPS) is 10.9. The van der Waals surface area contributed by atoms with Gasteiger partial charge < -0.3 is 9.73 Å². The first-order valence-corrected chi connectivity index (χ1v) is 4.50. The van der Waals surface area contributed by atoms with Crippen molar-refractivity contribution in [2.24, 2.45) is 0 Å². The number of halogens is 1. The minimum atomic E-state index is 0.441. The number of hydrogen-bond acceptors (Lipinski definition) is 2. The summed E-state index contributed by atoms with van der Waals surface area (Å²) in [6.45, 7) is 0.860. The van der Waals surface area contributed by atoms with Crippen LogP contribution in [0.4, 0.5) is 0 Å². The largest absolute Gasteiger partial charge is 0.445 e. The summed E-state index contributed by atoms with van der Waals surface area (Å²) in [7, 11) is 1.92. The fraction of sp³-hybridized carbons (Fsp3) is 0.200. The maximum atomic E-state index is 5.73. The van der Waals surface area contributed by atoms with Gasteiger partial charge in [0.15, 0.2) is 5.22 Å². The number of nitrogens with one attached hydrogen (secondary N) is 1. The van der Waals surface area contributed by atoms with Gasteiger partial charge in [-0.25, -0.2) is 0 Å². The van der Waals surface area contributed by atoms with Crippen LogP contribution in [-0.4, -0.2) is 7.05 Å². The third-order valence-corrected chi connectivity index (χ3v) is 2.12. The van der Waals surface area contributed by atoms with Crippen molar-refractivity contribution in [3.8, 4) is 0 Å². The Hall–Kier alpha value is -0.990. The van der Waals surface area contributed by atoms with E-state index in [2.05, 4.69) is 11.4 Å². The highest BCUT2D eigenvalue weighted by Crippen LogP contribution is 2.23. The summed E-state index contributed by atoms with van der Waals surface area (Å²) in [4.78, 5) is 0. The maximum absolute atomic E-state index is 5.73. The second-order valence-electron chi connectivity index (χ2n) is 2.95. The number of benzene rings is 1. The molecule has 0 spiro atoms. The quantitative estimate of drug-likeness (QED) is 0.797. The summed E-state index contributed by atoms with van der Waals surface area (Å²) in [6, 6.07) is 7.86. The van der Waals surface area contributed by atoms with Crippen LogP contribution >= 0.6 is 11.6 Å². The van der Waals surface area contributed by atoms with Crippen molar-refractivity contribution >= 4 is 22.6 Å². The highest BCUT2D eigenvalue weighted by atomic mass is 35.5. The first-order chi connectivity index (χ1) is 6.29. The minimum absolute atomic E-state index is 0.441. The van der Waals surface area contributed by atoms with Gasteiger partial charge in [-0.15, -0.1) is 0 Å². The Kier molecular flexibility index (Phi) is 2.25. The lowest BCUT2D eigenvalue weighted by molar-refractivity contribution is 0.618. The highest BCUT2D eigenvalue weighted by Gasteiger charge is 2.01. The van der Waals surface area contributed by atoms with Gasteiger partial charge in [-0.2, -0.15) is 0 Å². The number of fused-ring (bicyclic) bond motifs is 1. The van der Waals surface area contributed by atoms with Crippen molar-refractivity contribution < 1.29 is 4.42 Å². The predicted octanol–water partition coefficient (Wildman–Crippen LogP) is 2.81. The van der Waals surface area contributed by atoms with Crippen LogP contribution in [0.2, 0.25) is 5.22 Å². The second-order valence-corrected chi connectivity index (χ2v) is 3.33. The van der Waals surface area contributed by atoms with Crippen LogP contribution in [0.3, 0.4) is 0 Å². The van der Waals surface area contributed by atoms with Crippen LogP contribution in [0.5, 0.6) is 0 Å². The van der Waals surface area contributed by atoms with Gasteiger partial charge in [0.1, 0.15) is 5.58 Å². The molecule has 0 aliphatic carbocycles. The molecule has 1 heterocycles. The predicted molar refractivity (Wildman–Crippen MR) is 54.0 cm³/mol. The van der Waals surface area contributed by atoms with Gasteiger partial charge in [0, 0.05) is 18.0 Å². The Morgan fingerprint density at radius 3 is 3.00 bits per heavy atom. The van der Waals surface area contributed by atoms with Crippen molar-refractivity contribution in [1.29, 1.82) is 0 Å². The molecule has 0 saturated carbocycles. The lowest BCUT2D eigenvalue weighted by Gasteiger charge is -1.98. The zero-order valence-electron chi connectivity index (χ0n) is 7.30. The van der Waals surface area contributed by atoms with Crippen LogP contribution in [0.25, 0.3) is 11.0 Å². The monoisotopic (exact) mass is 195 g/mol. The zero-order chi connectivity index (χ0) is 9.26. The van der Waals surface area contributed by atoms with Crippen LogP contribution in [0, 0.1) is 0 Å². The lowest BCUT2D eigenvalue weighted by atomic mass is 10.1. The molecule has 0 atom stereocenters. The second kappa shape index (κ2) is 3.40. The van der Waals surface area contributed by atoms with Gasteiger partial charge in [-0.1, -0.05) is 6.07 Å². The third kappa shape index (κ3) is 1.69. The van der Waals surface area contributed by atoms with E-state index >= 15 is 0 Å². The molecular formula is C10H10ClNO. The molecule has 68 valence electrons. The van der Waals surface area contributed by atoms with Gasteiger partial charge in [-0.3, -0.25) is 0 Å². The average molecular weight is 196 g/mol. The van der Waals surface area contributed by atoms with Crippen molar-refractivity contribution in [1.82, 2.24) is 5.32 Å². The Morgan fingerprint density at radius 2 is 2.23 bits per heavy atom. The van der Waals surface area contributed by atoms with Gasteiger partial charge in [0.05, 0.1) is 0 Å². The molecule has 2 nitrogen and oxygen atoms in total. The maximum Gasteiger partial charge on any atom is 0.194 e. The van der Waals surface area contributed by atoms with Gasteiger partial charge in [-0.05, 0) is 36.3 Å². The lowest BCUT2D eigenvalue weighted by Crippen LogP contribution is -2.04. The van der Waals surface area contributed by atoms with Gasteiger partial charge >= 0.3 is 0 Å². The fourth-order valence-electron chi connectivity index (χ4n) is 1.37. The molecule has 0 unspecified atom stereocenters. The number of furan rings is 1. The minimum Gasteiger partial charge on any atom is -0.445 e. The Balaban J connectivity index is 2.48. The van der Waals surface area contributed by atoms with E-state index in [0.29, 0.717) is 5.22 Å². The topological polar surface area (TPSA) is 25.2 Å². The Bertz CT molecular complexity index is 422. The first kappa shape index (κ1) is 8.60. The van der Waals surface area contributed by atoms with E-state index in [9.17, 15) is 0 Å². The summed E-state index contributed by atoms with van der Waals surface area (Å²) in [6.07, 6.45) is 0. The highest BCUT2D eigenvalue weighted by molar-refractivity contribution is 6.29. The SMILES string of the molecule is CNCc1ccc2oc(Cl)cc2c1. The summed E-state index contributed by atoms with van der Waals surface area (Å²) in [5, 5.41) is 4.59. The molecule has 0 bridgehead atoms. The van der Waals surface area contributed by atoms with E-state index in [1.807, 2.05) is 25.2 Å². The molecule has 0 aliphatic rings. The molecule has 3 heteroatoms. The molecule has 2 rings (SSSR count). The van der Waals surface area contributed by atoms with E-state index in [0.717, 1.165) is 17.5 Å². The molecule has 0 radical (unpaired) electrons. The molecule has 0 fully saturated rings. The molecule has 0 aliphatic heterocycles. The van der Waals surface area contributed by atoms with E-state index in [-0.39, 0.29) is 0 Å². The number of hydrogen-bond donors (Lipinski definition) is 1. The standard InChI is InChI=1S/C10H10ClNO/c1-12-6-7-2-3-9-8(4-7)5-10(11)13-9/h2-5,12H,6H2,1H3. The van der Waals surface area contributed by atoms with Crippen molar-refractivity contribution in [2.75, 3.05) is 7.05 Å². The van der Waals surface area contributed by atoms with E-state index < -0.39 is 0 Å². The van der Waals surface area contributed by atoms with Gasteiger partial charge in [0.2, 0.25) is 0 Å². The number of rotatable bonds is 2. The van der Waals surface area contributed by atoms with Crippen molar-refractivity contribution in [2.45, 2.75) is 6.54 Å². The Morgan fingerprint density at radius 1 is 1.38 bits per heavy atom. The molecule has 1 aromatic heterocycles. The molecule has 0 saturated heterocycles. The van der Waals surface area contributed by atoms with E-state index in [1.54, 1.807) is 0 Å². The van der Waals surface area contributed by atoms with E-state index in [4.69, 9.17) is 16.0 Å². The van der Waals surface area contributed by atoms with Crippen LogP contribution < -0.4 is 5.32 Å². The van der Waals surface area contributed by atoms with Crippen LogP contribution in [0.1, 0.15) is 5.56 Å². The molecular weight excluding hydrogens is 186 g/mol. The third-order valence-electron chi connectivity index (χ3n) is 1.93. The summed E-state index contributed by atoms with van der Waals surface area (Å²) in [5.41, 5.74) is 2.07. The summed E-state index contributed by atoms with van der Waals surface area (Å²) >= 11 is 5.73. The van der Waals surface area contributed by atoms with Crippen molar-refractivity contribution in [3.63, 3.8) is 0 Å². The first-order valence-electron chi connectivity index (χ1n) is 4.12. The van der Waals surface area contributed by atoms with Crippen molar-refractivity contribution in [3.05, 3.63) is 35.0 Å². The average Bonchev–Trinajstić information content (AvgIpc) is 2.44. The molecule has 2 aromatic rings. The molecule has 13 heavy (non-hydrogen) atoms. The van der Waals surface area contributed by atoms with E-state index in [1.165, 1.54) is 5.56 Å². The summed E-state index contributed by atoms with van der Waals surface area (Å²) < 4.78 is 5.25. The van der Waals surface area contributed by atoms with Crippen LogP contribution in [0.15, 0.2) is 28.7 Å². The van der Waals surface area contributed by atoms with Crippen LogP contribution in [-0.2, 0) is 6.54 Å². The Labute approximate surface area is 81.5 Å². The smallest absolute Gasteiger partial charge is 0.194 e. The summed E-state index contributed by atoms with van der Waals surface area (Å²) in [5.74, 6) is 0.